The number of nitrogens with zero attached hydrogens (tertiary/aromatic N) is 6. The average Bonchev–Trinajstić information content (AvgIpc) is 2.97. The molecule has 2 aliphatic rings. The van der Waals surface area contributed by atoms with Crippen molar-refractivity contribution in [2.24, 2.45) is 0 Å². The maximum atomic E-state index is 4.77. The van der Waals surface area contributed by atoms with Crippen LogP contribution in [-0.2, 0) is 12.8 Å². The molecule has 0 amide bonds. The Morgan fingerprint density at radius 2 is 1.48 bits per heavy atom. The summed E-state index contributed by atoms with van der Waals surface area (Å²) in [5.74, 6) is 0.815. The number of likely N-dealkylation sites (tertiary alicyclic amines) is 1. The molecule has 0 radical (unpaired) electrons. The van der Waals surface area contributed by atoms with Crippen LogP contribution in [0.25, 0.3) is 0 Å². The van der Waals surface area contributed by atoms with Gasteiger partial charge in [-0.3, -0.25) is 9.80 Å². The molecule has 0 aromatic carbocycles. The molecule has 140 valence electrons. The van der Waals surface area contributed by atoms with Gasteiger partial charge in [0, 0.05) is 51.4 Å². The maximum absolute atomic E-state index is 4.77. The summed E-state index contributed by atoms with van der Waals surface area (Å²) in [5, 5.41) is 8.77. The minimum atomic E-state index is 0.750. The Labute approximate surface area is 152 Å². The fourth-order valence-electron chi connectivity index (χ4n) is 4.18. The van der Waals surface area contributed by atoms with Gasteiger partial charge in [0.25, 0.3) is 0 Å². The van der Waals surface area contributed by atoms with E-state index < -0.39 is 0 Å². The van der Waals surface area contributed by atoms with Crippen molar-refractivity contribution in [1.29, 1.82) is 0 Å². The third-order valence-electron chi connectivity index (χ3n) is 5.96. The Morgan fingerprint density at radius 1 is 0.840 bits per heavy atom. The number of rotatable bonds is 6. The minimum absolute atomic E-state index is 0.750. The lowest BCUT2D eigenvalue weighted by molar-refractivity contribution is 0.165. The Kier molecular flexibility index (Phi) is 6.23. The van der Waals surface area contributed by atoms with Crippen LogP contribution in [0.1, 0.15) is 51.9 Å². The normalized spacial score (nSPS) is 25.7. The van der Waals surface area contributed by atoms with Crippen LogP contribution in [0.5, 0.6) is 0 Å². The lowest BCUT2D eigenvalue weighted by Gasteiger charge is -2.36. The van der Waals surface area contributed by atoms with Crippen molar-refractivity contribution in [2.75, 3.05) is 44.2 Å². The lowest BCUT2D eigenvalue weighted by atomic mass is 10.2. The van der Waals surface area contributed by atoms with E-state index in [4.69, 9.17) is 4.98 Å². The summed E-state index contributed by atoms with van der Waals surface area (Å²) in [6, 6.07) is 1.50. The predicted octanol–water partition coefficient (Wildman–Crippen LogP) is 1.99. The molecule has 3 heterocycles. The summed E-state index contributed by atoms with van der Waals surface area (Å²) in [6.07, 6.45) is 4.54. The zero-order valence-corrected chi connectivity index (χ0v) is 16.4. The van der Waals surface area contributed by atoms with Crippen LogP contribution in [-0.4, -0.2) is 76.3 Å². The highest BCUT2D eigenvalue weighted by Gasteiger charge is 2.28. The summed E-state index contributed by atoms with van der Waals surface area (Å²) in [7, 11) is 0. The van der Waals surface area contributed by atoms with E-state index in [0.29, 0.717) is 0 Å². The molecule has 25 heavy (non-hydrogen) atoms. The van der Waals surface area contributed by atoms with Crippen LogP contribution in [0.4, 0.5) is 5.95 Å². The van der Waals surface area contributed by atoms with Gasteiger partial charge in [0.1, 0.15) is 0 Å². The third-order valence-corrected chi connectivity index (χ3v) is 5.96. The second-order valence-corrected chi connectivity index (χ2v) is 7.55. The van der Waals surface area contributed by atoms with E-state index in [2.05, 4.69) is 52.6 Å². The molecule has 1 aromatic heterocycles. The van der Waals surface area contributed by atoms with Crippen molar-refractivity contribution in [2.45, 2.75) is 65.5 Å². The van der Waals surface area contributed by atoms with Crippen LogP contribution < -0.4 is 4.90 Å². The van der Waals surface area contributed by atoms with Crippen molar-refractivity contribution >= 4 is 5.95 Å². The molecular weight excluding hydrogens is 312 g/mol. The fraction of sp³-hybridized carbons (Fsp3) is 0.842. The molecule has 0 aliphatic carbocycles. The summed E-state index contributed by atoms with van der Waals surface area (Å²) >= 11 is 0. The molecule has 1 aromatic rings. The van der Waals surface area contributed by atoms with E-state index in [1.807, 2.05) is 0 Å². The van der Waals surface area contributed by atoms with Crippen molar-refractivity contribution in [3.8, 4) is 0 Å². The van der Waals surface area contributed by atoms with Gasteiger partial charge in [-0.25, -0.2) is 4.98 Å². The first-order chi connectivity index (χ1) is 12.1. The van der Waals surface area contributed by atoms with Crippen molar-refractivity contribution < 1.29 is 0 Å². The second-order valence-electron chi connectivity index (χ2n) is 7.55. The van der Waals surface area contributed by atoms with Gasteiger partial charge in [-0.05, 0) is 39.5 Å². The number of aromatic nitrogens is 3. The van der Waals surface area contributed by atoms with Gasteiger partial charge in [-0.2, -0.15) is 5.10 Å². The fourth-order valence-corrected chi connectivity index (χ4v) is 4.18. The lowest BCUT2D eigenvalue weighted by Crippen LogP contribution is -2.49. The van der Waals surface area contributed by atoms with Crippen LogP contribution in [0, 0.1) is 0 Å². The largest absolute Gasteiger partial charge is 0.337 e. The molecule has 3 rings (SSSR count). The second kappa shape index (κ2) is 8.41. The molecule has 6 heteroatoms. The standard InChI is InChI=1S/C19H34N6/c1-5-17-18(6-2)21-22-19(20-17)24-12-9-23(10-13-24)11-14-25-15(3)7-8-16(25)4/h15-16H,5-14H2,1-4H3. The first-order valence-electron chi connectivity index (χ1n) is 10.1. The molecule has 2 unspecified atom stereocenters. The molecule has 0 bridgehead atoms. The molecule has 2 atom stereocenters. The van der Waals surface area contributed by atoms with Crippen molar-refractivity contribution in [3.63, 3.8) is 0 Å². The number of hydrogen-bond acceptors (Lipinski definition) is 6. The highest BCUT2D eigenvalue weighted by Crippen LogP contribution is 2.23. The summed E-state index contributed by atoms with van der Waals surface area (Å²) in [6.45, 7) is 15.6. The Bertz CT molecular complexity index is 545. The predicted molar refractivity (Wildman–Crippen MR) is 102 cm³/mol. The first-order valence-corrected chi connectivity index (χ1v) is 10.1. The number of hydrogen-bond donors (Lipinski definition) is 0. The van der Waals surface area contributed by atoms with Crippen molar-refractivity contribution in [3.05, 3.63) is 11.4 Å². The van der Waals surface area contributed by atoms with Gasteiger partial charge in [-0.15, -0.1) is 5.10 Å². The van der Waals surface area contributed by atoms with Crippen molar-refractivity contribution in [1.82, 2.24) is 25.0 Å². The van der Waals surface area contributed by atoms with Gasteiger partial charge in [0.2, 0.25) is 5.95 Å². The van der Waals surface area contributed by atoms with Crippen LogP contribution in [0.2, 0.25) is 0 Å². The van der Waals surface area contributed by atoms with E-state index >= 15 is 0 Å². The maximum Gasteiger partial charge on any atom is 0.245 e. The Balaban J connectivity index is 1.50. The van der Waals surface area contributed by atoms with E-state index in [-0.39, 0.29) is 0 Å². The number of aryl methyl sites for hydroxylation is 2. The molecule has 0 N–H and O–H groups in total. The average molecular weight is 347 g/mol. The van der Waals surface area contributed by atoms with E-state index in [9.17, 15) is 0 Å². The molecule has 2 fully saturated rings. The van der Waals surface area contributed by atoms with Crippen LogP contribution >= 0.6 is 0 Å². The van der Waals surface area contributed by atoms with Crippen LogP contribution in [0.3, 0.4) is 0 Å². The van der Waals surface area contributed by atoms with E-state index in [0.717, 1.165) is 68.4 Å². The first kappa shape index (κ1) is 18.5. The van der Waals surface area contributed by atoms with Gasteiger partial charge < -0.3 is 4.90 Å². The highest BCUT2D eigenvalue weighted by molar-refractivity contribution is 5.31. The molecule has 2 aliphatic heterocycles. The summed E-state index contributed by atoms with van der Waals surface area (Å²) in [4.78, 5) is 12.3. The highest BCUT2D eigenvalue weighted by atomic mass is 15.4. The Hall–Kier alpha value is -1.27. The smallest absolute Gasteiger partial charge is 0.245 e. The van der Waals surface area contributed by atoms with E-state index in [1.54, 1.807) is 0 Å². The molecule has 2 saturated heterocycles. The SMILES string of the molecule is CCc1nnc(N2CCN(CCN3C(C)CCC3C)CC2)nc1CC. The molecule has 0 saturated carbocycles. The zero-order valence-electron chi connectivity index (χ0n) is 16.4. The van der Waals surface area contributed by atoms with E-state index in [1.165, 1.54) is 25.9 Å². The number of anilines is 1. The third kappa shape index (κ3) is 4.29. The molecular formula is C19H34N6. The zero-order chi connectivity index (χ0) is 17.8. The Morgan fingerprint density at radius 3 is 2.08 bits per heavy atom. The molecule has 6 nitrogen and oxygen atoms in total. The topological polar surface area (TPSA) is 48.4 Å². The van der Waals surface area contributed by atoms with Gasteiger partial charge >= 0.3 is 0 Å². The van der Waals surface area contributed by atoms with Gasteiger partial charge in [0.15, 0.2) is 0 Å². The monoisotopic (exact) mass is 346 g/mol. The van der Waals surface area contributed by atoms with Gasteiger partial charge in [0.05, 0.1) is 11.4 Å². The summed E-state index contributed by atoms with van der Waals surface area (Å²) < 4.78 is 0. The van der Waals surface area contributed by atoms with Crippen LogP contribution in [0.15, 0.2) is 0 Å². The molecule has 0 spiro atoms. The number of piperazine rings is 1. The summed E-state index contributed by atoms with van der Waals surface area (Å²) in [5.41, 5.74) is 2.14. The van der Waals surface area contributed by atoms with Gasteiger partial charge in [-0.1, -0.05) is 13.8 Å². The quantitative estimate of drug-likeness (QED) is 0.785. The minimum Gasteiger partial charge on any atom is -0.337 e.